The molecule has 0 heterocycles. The number of benzene rings is 2. The van der Waals surface area contributed by atoms with Crippen LogP contribution in [0.3, 0.4) is 0 Å². The summed E-state index contributed by atoms with van der Waals surface area (Å²) in [6.07, 6.45) is 0.512. The van der Waals surface area contributed by atoms with E-state index in [1.165, 1.54) is 0 Å². The highest BCUT2D eigenvalue weighted by molar-refractivity contribution is 6.30. The first-order valence-corrected chi connectivity index (χ1v) is 9.27. The van der Waals surface area contributed by atoms with Crippen molar-refractivity contribution in [3.05, 3.63) is 64.7 Å². The Hall–Kier alpha value is -2.53. The van der Waals surface area contributed by atoms with Gasteiger partial charge in [-0.3, -0.25) is 9.59 Å². The first-order valence-electron chi connectivity index (χ1n) is 8.89. The number of carbonyl (C=O) groups is 2. The van der Waals surface area contributed by atoms with Gasteiger partial charge in [-0.1, -0.05) is 48.4 Å². The van der Waals surface area contributed by atoms with E-state index in [0.29, 0.717) is 23.7 Å². The summed E-state index contributed by atoms with van der Waals surface area (Å²) in [7, 11) is 1.57. The van der Waals surface area contributed by atoms with Gasteiger partial charge in [-0.15, -0.1) is 0 Å². The molecule has 0 saturated carbocycles. The zero-order valence-corrected chi connectivity index (χ0v) is 16.6. The molecule has 0 radical (unpaired) electrons. The van der Waals surface area contributed by atoms with Crippen LogP contribution in [0.15, 0.2) is 48.5 Å². The molecule has 6 heteroatoms. The van der Waals surface area contributed by atoms with Crippen molar-refractivity contribution in [1.82, 2.24) is 10.2 Å². The average Bonchev–Trinajstić information content (AvgIpc) is 2.67. The summed E-state index contributed by atoms with van der Waals surface area (Å²) in [5.74, 6) is 0.114. The standard InChI is InChI=1S/C21H25ClN2O3/c1-4-19(21(26)23-3)24(13-16-7-5-6-15(2)12-16)20(25)14-27-18-10-8-17(22)9-11-18/h5-12,19H,4,13-14H2,1-3H3,(H,23,26)/t19-/m1/s1. The number of hydrogen-bond acceptors (Lipinski definition) is 3. The molecule has 5 nitrogen and oxygen atoms in total. The summed E-state index contributed by atoms with van der Waals surface area (Å²) in [6.45, 7) is 4.07. The number of hydrogen-bond donors (Lipinski definition) is 1. The fourth-order valence-electron chi connectivity index (χ4n) is 2.85. The lowest BCUT2D eigenvalue weighted by molar-refractivity contribution is -0.142. The highest BCUT2D eigenvalue weighted by atomic mass is 35.5. The molecule has 0 saturated heterocycles. The topological polar surface area (TPSA) is 58.6 Å². The van der Waals surface area contributed by atoms with Gasteiger partial charge in [-0.05, 0) is 43.2 Å². The van der Waals surface area contributed by atoms with Gasteiger partial charge < -0.3 is 15.0 Å². The molecule has 0 aliphatic heterocycles. The second kappa shape index (κ2) is 9.97. The zero-order valence-electron chi connectivity index (χ0n) is 15.9. The minimum absolute atomic E-state index is 0.152. The second-order valence-corrected chi connectivity index (χ2v) is 6.73. The SMILES string of the molecule is CC[C@H](C(=O)NC)N(Cc1cccc(C)c1)C(=O)COc1ccc(Cl)cc1. The summed E-state index contributed by atoms with van der Waals surface area (Å²) in [5, 5.41) is 3.24. The van der Waals surface area contributed by atoms with Gasteiger partial charge in [-0.2, -0.15) is 0 Å². The molecule has 27 heavy (non-hydrogen) atoms. The van der Waals surface area contributed by atoms with Gasteiger partial charge in [0, 0.05) is 18.6 Å². The maximum Gasteiger partial charge on any atom is 0.261 e. The molecule has 1 N–H and O–H groups in total. The summed E-state index contributed by atoms with van der Waals surface area (Å²) in [5.41, 5.74) is 2.07. The molecule has 2 aromatic rings. The quantitative estimate of drug-likeness (QED) is 0.751. The minimum atomic E-state index is -0.558. The van der Waals surface area contributed by atoms with Gasteiger partial charge in [0.15, 0.2) is 6.61 Å². The van der Waals surface area contributed by atoms with Crippen LogP contribution in [-0.4, -0.2) is 36.4 Å². The van der Waals surface area contributed by atoms with Crippen LogP contribution in [0.4, 0.5) is 0 Å². The molecule has 2 rings (SSSR count). The van der Waals surface area contributed by atoms with E-state index in [-0.39, 0.29) is 18.4 Å². The van der Waals surface area contributed by atoms with Gasteiger partial charge in [0.1, 0.15) is 11.8 Å². The van der Waals surface area contributed by atoms with Crippen molar-refractivity contribution in [2.45, 2.75) is 32.9 Å². The number of rotatable bonds is 8. The molecule has 0 bridgehead atoms. The van der Waals surface area contributed by atoms with E-state index in [0.717, 1.165) is 11.1 Å². The minimum Gasteiger partial charge on any atom is -0.484 e. The fraction of sp³-hybridized carbons (Fsp3) is 0.333. The van der Waals surface area contributed by atoms with Gasteiger partial charge in [0.05, 0.1) is 0 Å². The maximum absolute atomic E-state index is 12.9. The molecular formula is C21H25ClN2O3. The molecular weight excluding hydrogens is 364 g/mol. The lowest BCUT2D eigenvalue weighted by Crippen LogP contribution is -2.49. The molecule has 1 atom stereocenters. The Kier molecular flexibility index (Phi) is 7.67. The fourth-order valence-corrected chi connectivity index (χ4v) is 2.98. The zero-order chi connectivity index (χ0) is 19.8. The number of nitrogens with zero attached hydrogens (tertiary/aromatic N) is 1. The van der Waals surface area contributed by atoms with Crippen LogP contribution in [0.1, 0.15) is 24.5 Å². The van der Waals surface area contributed by atoms with Crippen LogP contribution in [0.5, 0.6) is 5.75 Å². The predicted octanol–water partition coefficient (Wildman–Crippen LogP) is 3.58. The molecule has 0 spiro atoms. The third kappa shape index (κ3) is 6.00. The van der Waals surface area contributed by atoms with Crippen LogP contribution < -0.4 is 10.1 Å². The van der Waals surface area contributed by atoms with Crippen LogP contribution >= 0.6 is 11.6 Å². The molecule has 0 aliphatic carbocycles. The summed E-state index contributed by atoms with van der Waals surface area (Å²) in [6, 6.07) is 14.1. The van der Waals surface area contributed by atoms with Crippen molar-refractivity contribution < 1.29 is 14.3 Å². The number of ether oxygens (including phenoxy) is 1. The van der Waals surface area contributed by atoms with Crippen molar-refractivity contribution in [3.63, 3.8) is 0 Å². The highest BCUT2D eigenvalue weighted by Crippen LogP contribution is 2.17. The van der Waals surface area contributed by atoms with E-state index in [1.54, 1.807) is 36.2 Å². The predicted molar refractivity (Wildman–Crippen MR) is 107 cm³/mol. The van der Waals surface area contributed by atoms with Crippen molar-refractivity contribution in [2.75, 3.05) is 13.7 Å². The molecule has 0 fully saturated rings. The Balaban J connectivity index is 2.17. The summed E-state index contributed by atoms with van der Waals surface area (Å²) < 4.78 is 5.59. The molecule has 0 unspecified atom stereocenters. The Labute approximate surface area is 165 Å². The lowest BCUT2D eigenvalue weighted by Gasteiger charge is -2.30. The van der Waals surface area contributed by atoms with E-state index >= 15 is 0 Å². The van der Waals surface area contributed by atoms with E-state index in [2.05, 4.69) is 5.32 Å². The monoisotopic (exact) mass is 388 g/mol. The number of likely N-dealkylation sites (N-methyl/N-ethyl adjacent to an activating group) is 1. The molecule has 0 aromatic heterocycles. The van der Waals surface area contributed by atoms with Gasteiger partial charge in [0.25, 0.3) is 5.91 Å². The Morgan fingerprint density at radius 1 is 1.19 bits per heavy atom. The van der Waals surface area contributed by atoms with Gasteiger partial charge in [-0.25, -0.2) is 0 Å². The third-order valence-corrected chi connectivity index (χ3v) is 4.50. The smallest absolute Gasteiger partial charge is 0.261 e. The third-order valence-electron chi connectivity index (χ3n) is 4.24. The van der Waals surface area contributed by atoms with Gasteiger partial charge in [0.2, 0.25) is 5.91 Å². The van der Waals surface area contributed by atoms with Crippen molar-refractivity contribution >= 4 is 23.4 Å². The largest absolute Gasteiger partial charge is 0.484 e. The second-order valence-electron chi connectivity index (χ2n) is 6.29. The molecule has 2 aromatic carbocycles. The van der Waals surface area contributed by atoms with Crippen molar-refractivity contribution in [3.8, 4) is 5.75 Å². The normalized spacial score (nSPS) is 11.6. The average molecular weight is 389 g/mol. The van der Waals surface area contributed by atoms with Crippen molar-refractivity contribution in [2.24, 2.45) is 0 Å². The summed E-state index contributed by atoms with van der Waals surface area (Å²) in [4.78, 5) is 26.8. The highest BCUT2D eigenvalue weighted by Gasteiger charge is 2.28. The van der Waals surface area contributed by atoms with Crippen LogP contribution in [-0.2, 0) is 16.1 Å². The Morgan fingerprint density at radius 2 is 1.89 bits per heavy atom. The van der Waals surface area contributed by atoms with Crippen molar-refractivity contribution in [1.29, 1.82) is 0 Å². The number of aryl methyl sites for hydroxylation is 1. The Morgan fingerprint density at radius 3 is 2.48 bits per heavy atom. The first kappa shape index (κ1) is 20.8. The van der Waals surface area contributed by atoms with E-state index < -0.39 is 6.04 Å². The summed E-state index contributed by atoms with van der Waals surface area (Å²) >= 11 is 5.86. The maximum atomic E-state index is 12.9. The van der Waals surface area contributed by atoms with E-state index in [4.69, 9.17) is 16.3 Å². The Bertz CT molecular complexity index is 777. The van der Waals surface area contributed by atoms with Crippen LogP contribution in [0.25, 0.3) is 0 Å². The van der Waals surface area contributed by atoms with E-state index in [9.17, 15) is 9.59 Å². The van der Waals surface area contributed by atoms with E-state index in [1.807, 2.05) is 38.1 Å². The molecule has 144 valence electrons. The number of carbonyl (C=O) groups excluding carboxylic acids is 2. The van der Waals surface area contributed by atoms with Gasteiger partial charge >= 0.3 is 0 Å². The molecule has 2 amide bonds. The van der Waals surface area contributed by atoms with Crippen LogP contribution in [0.2, 0.25) is 5.02 Å². The number of halogens is 1. The van der Waals surface area contributed by atoms with Crippen LogP contribution in [0, 0.1) is 6.92 Å². The number of nitrogens with one attached hydrogen (secondary N) is 1. The number of amides is 2. The lowest BCUT2D eigenvalue weighted by atomic mass is 10.1. The molecule has 0 aliphatic rings. The first-order chi connectivity index (χ1) is 12.9.